The van der Waals surface area contributed by atoms with E-state index in [0.29, 0.717) is 6.08 Å². The van der Waals surface area contributed by atoms with Gasteiger partial charge >= 0.3 is 35.5 Å². The molecule has 0 aromatic carbocycles. The van der Waals surface area contributed by atoms with Crippen LogP contribution in [-0.4, -0.2) is 18.5 Å². The number of hydrogen-bond donors (Lipinski definition) is 0. The Labute approximate surface area is 99.2 Å². The van der Waals surface area contributed by atoms with Crippen molar-refractivity contribution in [1.29, 1.82) is 0 Å². The third kappa shape index (κ3) is 11.7. The van der Waals surface area contributed by atoms with Crippen molar-refractivity contribution in [3.63, 3.8) is 0 Å². The molecule has 0 N–H and O–H groups in total. The van der Waals surface area contributed by atoms with Gasteiger partial charge < -0.3 is 14.6 Å². The number of carboxylic acids is 1. The van der Waals surface area contributed by atoms with Crippen LogP contribution in [0.25, 0.3) is 0 Å². The number of carboxylic acid groups (broad SMARTS) is 1. The Balaban J connectivity index is 0. The molecule has 0 atom stereocenters. The van der Waals surface area contributed by atoms with Gasteiger partial charge in [-0.2, -0.15) is 0 Å². The van der Waals surface area contributed by atoms with Crippen molar-refractivity contribution in [1.82, 2.24) is 0 Å². The molecule has 68 valence electrons. The minimum atomic E-state index is -1.41. The van der Waals surface area contributed by atoms with Crippen LogP contribution in [0, 0.1) is 5.92 Å². The Morgan fingerprint density at radius 1 is 1.38 bits per heavy atom. The Bertz CT molecular complexity index is 198. The summed E-state index contributed by atoms with van der Waals surface area (Å²) in [4.78, 5) is 20.5. The van der Waals surface area contributed by atoms with Gasteiger partial charge in [0.2, 0.25) is 0 Å². The molecule has 0 aliphatic rings. The van der Waals surface area contributed by atoms with E-state index < -0.39 is 11.9 Å². The van der Waals surface area contributed by atoms with Crippen LogP contribution in [0.4, 0.5) is 0 Å². The summed E-state index contributed by atoms with van der Waals surface area (Å²) in [5.41, 5.74) is 0. The van der Waals surface area contributed by atoms with E-state index >= 15 is 0 Å². The molecule has 0 aromatic rings. The van der Waals surface area contributed by atoms with Crippen LogP contribution >= 0.6 is 0 Å². The number of aliphatic carboxylic acids is 1. The Morgan fingerprint density at radius 2 is 1.92 bits per heavy atom. The molecular weight excluding hydrogens is 183 g/mol. The number of rotatable bonds is 4. The van der Waals surface area contributed by atoms with Crippen LogP contribution in [0.5, 0.6) is 0 Å². The first-order valence-corrected chi connectivity index (χ1v) is 3.58. The Hall–Kier alpha value is -0.320. The second kappa shape index (κ2) is 8.29. The van der Waals surface area contributed by atoms with Gasteiger partial charge in [-0.25, -0.2) is 4.79 Å². The maximum absolute atomic E-state index is 10.7. The largest absolute Gasteiger partial charge is 1.00 e. The molecule has 0 spiro atoms. The number of esters is 1. The summed E-state index contributed by atoms with van der Waals surface area (Å²) in [5.74, 6) is -1.82. The molecule has 0 unspecified atom stereocenters. The van der Waals surface area contributed by atoms with E-state index in [1.807, 2.05) is 13.8 Å². The number of carbonyl (C=O) groups excluding carboxylic acids is 2. The first kappa shape index (κ1) is 15.2. The molecule has 0 bridgehead atoms. The third-order valence-electron chi connectivity index (χ3n) is 0.914. The van der Waals surface area contributed by atoms with Gasteiger partial charge in [0.05, 0.1) is 12.6 Å². The smallest absolute Gasteiger partial charge is 0.545 e. The summed E-state index contributed by atoms with van der Waals surface area (Å²) >= 11 is 0. The van der Waals surface area contributed by atoms with Gasteiger partial charge in [-0.15, -0.1) is 0 Å². The maximum atomic E-state index is 10.7. The van der Waals surface area contributed by atoms with E-state index in [1.54, 1.807) is 0 Å². The van der Waals surface area contributed by atoms with Crippen LogP contribution in [0.1, 0.15) is 13.8 Å². The second-order valence-electron chi connectivity index (χ2n) is 2.68. The fourth-order valence-electron chi connectivity index (χ4n) is 0.433. The average Bonchev–Trinajstić information content (AvgIpc) is 1.96. The molecular formula is C8H11NaO4. The molecule has 0 saturated heterocycles. The minimum Gasteiger partial charge on any atom is -0.545 e. The first-order chi connectivity index (χ1) is 5.52. The standard InChI is InChI=1S/C8H12O4.Na/c1-6(2)5-12-8(11)4-3-7(9)10;/h3-4,6H,5H2,1-2H3,(H,9,10);/q;+1/p-1/b4-3+;. The second-order valence-corrected chi connectivity index (χ2v) is 2.68. The van der Waals surface area contributed by atoms with Gasteiger partial charge in [0.15, 0.2) is 0 Å². The van der Waals surface area contributed by atoms with Crippen LogP contribution in [0.15, 0.2) is 12.2 Å². The molecule has 0 amide bonds. The normalized spacial score (nSPS) is 9.77. The first-order valence-electron chi connectivity index (χ1n) is 3.58. The van der Waals surface area contributed by atoms with Crippen molar-refractivity contribution in [2.75, 3.05) is 6.61 Å². The minimum absolute atomic E-state index is 0. The van der Waals surface area contributed by atoms with Crippen molar-refractivity contribution in [2.45, 2.75) is 13.8 Å². The molecule has 5 heteroatoms. The van der Waals surface area contributed by atoms with Crippen LogP contribution < -0.4 is 34.7 Å². The van der Waals surface area contributed by atoms with E-state index in [2.05, 4.69) is 4.74 Å². The topological polar surface area (TPSA) is 66.4 Å². The molecule has 13 heavy (non-hydrogen) atoms. The van der Waals surface area contributed by atoms with Gasteiger partial charge in [-0.3, -0.25) is 0 Å². The van der Waals surface area contributed by atoms with Gasteiger partial charge in [0.25, 0.3) is 0 Å². The summed E-state index contributed by atoms with van der Waals surface area (Å²) in [7, 11) is 0. The van der Waals surface area contributed by atoms with Crippen molar-refractivity contribution in [3.05, 3.63) is 12.2 Å². The SMILES string of the molecule is CC(C)COC(=O)/C=C/C(=O)[O-].[Na+]. The predicted octanol–water partition coefficient (Wildman–Crippen LogP) is -3.50. The van der Waals surface area contributed by atoms with Crippen LogP contribution in [0.2, 0.25) is 0 Å². The summed E-state index contributed by atoms with van der Waals surface area (Å²) in [6.45, 7) is 4.06. The number of ether oxygens (including phenoxy) is 1. The van der Waals surface area contributed by atoms with Crippen molar-refractivity contribution in [2.24, 2.45) is 5.92 Å². The fourth-order valence-corrected chi connectivity index (χ4v) is 0.433. The summed E-state index contributed by atoms with van der Waals surface area (Å²) < 4.78 is 4.64. The number of hydrogen-bond acceptors (Lipinski definition) is 4. The quantitative estimate of drug-likeness (QED) is 0.264. The van der Waals surface area contributed by atoms with E-state index in [1.165, 1.54) is 0 Å². The maximum Gasteiger partial charge on any atom is 1.00 e. The van der Waals surface area contributed by atoms with Crippen molar-refractivity contribution >= 4 is 11.9 Å². The van der Waals surface area contributed by atoms with Crippen molar-refractivity contribution < 1.29 is 49.0 Å². The van der Waals surface area contributed by atoms with Gasteiger partial charge in [-0.05, 0) is 12.0 Å². The zero-order chi connectivity index (χ0) is 9.56. The van der Waals surface area contributed by atoms with Crippen LogP contribution in [0.3, 0.4) is 0 Å². The van der Waals surface area contributed by atoms with E-state index in [0.717, 1.165) is 6.08 Å². The Morgan fingerprint density at radius 3 is 2.31 bits per heavy atom. The summed E-state index contributed by atoms with van der Waals surface area (Å²) in [6, 6.07) is 0. The molecule has 0 saturated carbocycles. The molecule has 0 radical (unpaired) electrons. The summed E-state index contributed by atoms with van der Waals surface area (Å²) in [5, 5.41) is 9.84. The van der Waals surface area contributed by atoms with E-state index in [9.17, 15) is 14.7 Å². The molecule has 0 heterocycles. The van der Waals surface area contributed by atoms with Gasteiger partial charge in [0.1, 0.15) is 0 Å². The molecule has 4 nitrogen and oxygen atoms in total. The fraction of sp³-hybridized carbons (Fsp3) is 0.500. The molecule has 0 aromatic heterocycles. The Kier molecular flexibility index (Phi) is 9.67. The van der Waals surface area contributed by atoms with Gasteiger partial charge in [0, 0.05) is 6.08 Å². The van der Waals surface area contributed by atoms with Crippen LogP contribution in [-0.2, 0) is 14.3 Å². The zero-order valence-electron chi connectivity index (χ0n) is 8.07. The monoisotopic (exact) mass is 194 g/mol. The molecule has 0 fully saturated rings. The molecule has 0 rings (SSSR count). The zero-order valence-corrected chi connectivity index (χ0v) is 10.1. The molecule has 0 aliphatic carbocycles. The molecule has 0 aliphatic heterocycles. The average molecular weight is 194 g/mol. The van der Waals surface area contributed by atoms with E-state index in [-0.39, 0.29) is 42.1 Å². The summed E-state index contributed by atoms with van der Waals surface area (Å²) in [6.07, 6.45) is 1.47. The van der Waals surface area contributed by atoms with Crippen molar-refractivity contribution in [3.8, 4) is 0 Å². The van der Waals surface area contributed by atoms with Gasteiger partial charge in [-0.1, -0.05) is 13.8 Å². The predicted molar refractivity (Wildman–Crippen MR) is 39.9 cm³/mol. The number of carbonyl (C=O) groups is 2. The third-order valence-corrected chi connectivity index (χ3v) is 0.914. The van der Waals surface area contributed by atoms with E-state index in [4.69, 9.17) is 0 Å².